The Morgan fingerprint density at radius 2 is 2.11 bits per heavy atom. The molecule has 0 aromatic heterocycles. The van der Waals surface area contributed by atoms with Gasteiger partial charge in [-0.05, 0) is 31.0 Å². The first-order valence-corrected chi connectivity index (χ1v) is 5.85. The number of benzene rings is 1. The Hall–Kier alpha value is -1.76. The summed E-state index contributed by atoms with van der Waals surface area (Å²) in [4.78, 5) is 16.8. The van der Waals surface area contributed by atoms with E-state index in [4.69, 9.17) is 4.84 Å². The molecule has 1 aliphatic heterocycles. The molecule has 0 aliphatic carbocycles. The van der Waals surface area contributed by atoms with Crippen molar-refractivity contribution >= 4 is 11.7 Å². The van der Waals surface area contributed by atoms with Crippen LogP contribution in [0, 0.1) is 0 Å². The van der Waals surface area contributed by atoms with Crippen molar-refractivity contribution in [3.63, 3.8) is 0 Å². The Morgan fingerprint density at radius 1 is 1.32 bits per heavy atom. The molecule has 1 aromatic rings. The Kier molecular flexibility index (Phi) is 3.94. The van der Waals surface area contributed by atoms with E-state index in [0.29, 0.717) is 13.2 Å². The number of hydrogen-bond donors (Lipinski definition) is 1. The van der Waals surface area contributed by atoms with Gasteiger partial charge in [0.25, 0.3) is 0 Å². The number of urea groups is 1. The van der Waals surface area contributed by atoms with E-state index in [2.05, 4.69) is 5.32 Å². The smallest absolute Gasteiger partial charge is 0.306 e. The molecule has 1 N–H and O–H groups in total. The zero-order valence-corrected chi connectivity index (χ0v) is 10.0. The summed E-state index contributed by atoms with van der Waals surface area (Å²) >= 11 is 0. The SMILES string of the molecule is O=C(Nc1cccc(C(F)(F)F)c1)N1CCCCO1. The van der Waals surface area contributed by atoms with Crippen LogP contribution in [-0.4, -0.2) is 24.2 Å². The first-order chi connectivity index (χ1) is 8.97. The number of hydrogen-bond acceptors (Lipinski definition) is 2. The average Bonchev–Trinajstić information content (AvgIpc) is 2.39. The fraction of sp³-hybridized carbons (Fsp3) is 0.417. The van der Waals surface area contributed by atoms with Crippen LogP contribution in [0.5, 0.6) is 0 Å². The van der Waals surface area contributed by atoms with Gasteiger partial charge in [0.1, 0.15) is 0 Å². The van der Waals surface area contributed by atoms with E-state index < -0.39 is 17.8 Å². The molecule has 104 valence electrons. The summed E-state index contributed by atoms with van der Waals surface area (Å²) in [6.07, 6.45) is -2.74. The predicted octanol–water partition coefficient (Wildman–Crippen LogP) is 3.26. The monoisotopic (exact) mass is 274 g/mol. The van der Waals surface area contributed by atoms with E-state index >= 15 is 0 Å². The molecule has 1 aliphatic rings. The minimum Gasteiger partial charge on any atom is -0.306 e. The number of hydroxylamine groups is 2. The molecule has 0 spiro atoms. The maximum absolute atomic E-state index is 12.5. The predicted molar refractivity (Wildman–Crippen MR) is 62.4 cm³/mol. The lowest BCUT2D eigenvalue weighted by atomic mass is 10.2. The summed E-state index contributed by atoms with van der Waals surface area (Å²) in [6.45, 7) is 0.876. The normalized spacial score (nSPS) is 16.3. The number of rotatable bonds is 1. The Bertz CT molecular complexity index is 457. The van der Waals surface area contributed by atoms with Crippen LogP contribution in [0.4, 0.5) is 23.7 Å². The highest BCUT2D eigenvalue weighted by Crippen LogP contribution is 2.30. The summed E-state index contributed by atoms with van der Waals surface area (Å²) in [7, 11) is 0. The summed E-state index contributed by atoms with van der Waals surface area (Å²) in [5.74, 6) is 0. The van der Waals surface area contributed by atoms with E-state index in [1.807, 2.05) is 0 Å². The number of anilines is 1. The zero-order valence-electron chi connectivity index (χ0n) is 10.0. The molecule has 19 heavy (non-hydrogen) atoms. The Morgan fingerprint density at radius 3 is 2.74 bits per heavy atom. The van der Waals surface area contributed by atoms with Crippen LogP contribution in [0.1, 0.15) is 18.4 Å². The van der Waals surface area contributed by atoms with Crippen molar-refractivity contribution in [3.8, 4) is 0 Å². The van der Waals surface area contributed by atoms with Crippen molar-refractivity contribution in [1.82, 2.24) is 5.06 Å². The first-order valence-electron chi connectivity index (χ1n) is 5.85. The molecular weight excluding hydrogens is 261 g/mol. The topological polar surface area (TPSA) is 41.6 Å². The van der Waals surface area contributed by atoms with Crippen LogP contribution in [0.15, 0.2) is 24.3 Å². The molecule has 0 radical (unpaired) electrons. The fourth-order valence-electron chi connectivity index (χ4n) is 1.72. The van der Waals surface area contributed by atoms with Crippen molar-refractivity contribution in [2.75, 3.05) is 18.5 Å². The van der Waals surface area contributed by atoms with Crippen LogP contribution < -0.4 is 5.32 Å². The van der Waals surface area contributed by atoms with Crippen LogP contribution in [-0.2, 0) is 11.0 Å². The van der Waals surface area contributed by atoms with Crippen LogP contribution >= 0.6 is 0 Å². The van der Waals surface area contributed by atoms with Gasteiger partial charge in [0.05, 0.1) is 18.7 Å². The third kappa shape index (κ3) is 3.60. The van der Waals surface area contributed by atoms with Crippen LogP contribution in [0.25, 0.3) is 0 Å². The van der Waals surface area contributed by atoms with Gasteiger partial charge < -0.3 is 5.32 Å². The Balaban J connectivity index is 2.04. The minimum atomic E-state index is -4.43. The van der Waals surface area contributed by atoms with Crippen molar-refractivity contribution in [2.45, 2.75) is 19.0 Å². The molecule has 2 rings (SSSR count). The second kappa shape index (κ2) is 5.48. The van der Waals surface area contributed by atoms with Crippen LogP contribution in [0.3, 0.4) is 0 Å². The van der Waals surface area contributed by atoms with Gasteiger partial charge in [-0.2, -0.15) is 13.2 Å². The highest BCUT2D eigenvalue weighted by molar-refractivity contribution is 5.88. The van der Waals surface area contributed by atoms with E-state index in [1.165, 1.54) is 12.1 Å². The number of nitrogens with one attached hydrogen (secondary N) is 1. The molecule has 1 aromatic carbocycles. The number of halogens is 3. The fourth-order valence-corrected chi connectivity index (χ4v) is 1.72. The van der Waals surface area contributed by atoms with E-state index in [0.717, 1.165) is 30.0 Å². The van der Waals surface area contributed by atoms with Gasteiger partial charge in [-0.25, -0.2) is 9.86 Å². The lowest BCUT2D eigenvalue weighted by molar-refractivity contribution is -0.137. The maximum Gasteiger partial charge on any atom is 0.416 e. The second-order valence-corrected chi connectivity index (χ2v) is 4.15. The molecule has 0 saturated carbocycles. The molecular formula is C12H13F3N2O2. The number of alkyl halides is 3. The lowest BCUT2D eigenvalue weighted by Crippen LogP contribution is -2.38. The van der Waals surface area contributed by atoms with Crippen molar-refractivity contribution in [2.24, 2.45) is 0 Å². The number of carbonyl (C=O) groups is 1. The molecule has 1 saturated heterocycles. The summed E-state index contributed by atoms with van der Waals surface area (Å²) in [6, 6.07) is 3.93. The average molecular weight is 274 g/mol. The second-order valence-electron chi connectivity index (χ2n) is 4.15. The summed E-state index contributed by atoms with van der Waals surface area (Å²) in [5, 5.41) is 3.51. The van der Waals surface area contributed by atoms with Gasteiger partial charge >= 0.3 is 12.2 Å². The third-order valence-corrected chi connectivity index (χ3v) is 2.67. The minimum absolute atomic E-state index is 0.0917. The molecule has 0 bridgehead atoms. The van der Waals surface area contributed by atoms with Crippen molar-refractivity contribution in [1.29, 1.82) is 0 Å². The molecule has 0 unspecified atom stereocenters. The van der Waals surface area contributed by atoms with E-state index in [9.17, 15) is 18.0 Å². The van der Waals surface area contributed by atoms with E-state index in [1.54, 1.807) is 0 Å². The Labute approximate surface area is 108 Å². The highest BCUT2D eigenvalue weighted by atomic mass is 19.4. The standard InChI is InChI=1S/C12H13F3N2O2/c13-12(14,15)9-4-3-5-10(8-9)16-11(18)17-6-1-2-7-19-17/h3-5,8H,1-2,6-7H2,(H,16,18). The summed E-state index contributed by atoms with van der Waals surface area (Å²) < 4.78 is 37.5. The number of amides is 2. The largest absolute Gasteiger partial charge is 0.416 e. The number of nitrogens with zero attached hydrogens (tertiary/aromatic N) is 1. The highest BCUT2D eigenvalue weighted by Gasteiger charge is 2.30. The van der Waals surface area contributed by atoms with Gasteiger partial charge in [-0.15, -0.1) is 0 Å². The quantitative estimate of drug-likeness (QED) is 0.854. The molecule has 0 atom stereocenters. The molecule has 4 nitrogen and oxygen atoms in total. The van der Waals surface area contributed by atoms with Crippen molar-refractivity contribution in [3.05, 3.63) is 29.8 Å². The maximum atomic E-state index is 12.5. The van der Waals surface area contributed by atoms with E-state index in [-0.39, 0.29) is 5.69 Å². The molecule has 7 heteroatoms. The van der Waals surface area contributed by atoms with Gasteiger partial charge in [-0.3, -0.25) is 4.84 Å². The molecule has 2 amide bonds. The van der Waals surface area contributed by atoms with Gasteiger partial charge in [0.15, 0.2) is 0 Å². The first kappa shape index (κ1) is 13.7. The van der Waals surface area contributed by atoms with Gasteiger partial charge in [-0.1, -0.05) is 6.07 Å². The van der Waals surface area contributed by atoms with Gasteiger partial charge in [0.2, 0.25) is 0 Å². The van der Waals surface area contributed by atoms with Crippen LogP contribution in [0.2, 0.25) is 0 Å². The summed E-state index contributed by atoms with van der Waals surface area (Å²) in [5.41, 5.74) is -0.709. The third-order valence-electron chi connectivity index (χ3n) is 2.67. The van der Waals surface area contributed by atoms with Crippen molar-refractivity contribution < 1.29 is 22.8 Å². The lowest BCUT2D eigenvalue weighted by Gasteiger charge is -2.26. The molecule has 1 heterocycles. The zero-order chi connectivity index (χ0) is 13.9. The number of carbonyl (C=O) groups excluding carboxylic acids is 1. The van der Waals surface area contributed by atoms with Gasteiger partial charge in [0, 0.05) is 5.69 Å². The molecule has 1 fully saturated rings.